The van der Waals surface area contributed by atoms with E-state index in [0.29, 0.717) is 11.4 Å². The maximum absolute atomic E-state index is 12.7. The molecule has 4 nitrogen and oxygen atoms in total. The van der Waals surface area contributed by atoms with Crippen LogP contribution < -0.4 is 0 Å². The number of phenolic OH excluding ortho intramolecular Hbond substituents is 1. The molecule has 0 unspecified atom stereocenters. The van der Waals surface area contributed by atoms with Crippen LogP contribution in [0.1, 0.15) is 132 Å². The van der Waals surface area contributed by atoms with Crippen molar-refractivity contribution in [2.75, 3.05) is 0 Å². The molecule has 7 aromatic carbocycles. The second kappa shape index (κ2) is 18.7. The van der Waals surface area contributed by atoms with Gasteiger partial charge in [0, 0.05) is 32.2 Å². The fourth-order valence-corrected chi connectivity index (χ4v) is 12.9. The minimum atomic E-state index is -0.333. The molecule has 1 N–H and O–H groups in total. The fourth-order valence-electron chi connectivity index (χ4n) is 10.3. The van der Waals surface area contributed by atoms with Crippen molar-refractivity contribution in [3.63, 3.8) is 0 Å². The van der Waals surface area contributed by atoms with Crippen LogP contribution >= 0.6 is 0 Å². The van der Waals surface area contributed by atoms with Gasteiger partial charge in [-0.05, 0) is 51.1 Å². The molecule has 6 heteroatoms. The van der Waals surface area contributed by atoms with E-state index < -0.39 is 0 Å². The first kappa shape index (κ1) is 52.3. The summed E-state index contributed by atoms with van der Waals surface area (Å²) in [5, 5.41) is 17.8. The number of hydrogen-bond acceptors (Lipinski definition) is 3. The van der Waals surface area contributed by atoms with Crippen molar-refractivity contribution < 1.29 is 26.2 Å². The third-order valence-corrected chi connectivity index (χ3v) is 16.9. The molecule has 0 bridgehead atoms. The van der Waals surface area contributed by atoms with Crippen molar-refractivity contribution in [3.8, 4) is 56.3 Å². The molecule has 376 valence electrons. The second-order valence-corrected chi connectivity index (χ2v) is 27.7. The zero-order valence-corrected chi connectivity index (χ0v) is 49.4. The summed E-state index contributed by atoms with van der Waals surface area (Å²) in [5.41, 5.74) is 14.8. The predicted molar refractivity (Wildman–Crippen MR) is 309 cm³/mol. The summed E-state index contributed by atoms with van der Waals surface area (Å²) >= 11 is 0.180. The Labute approximate surface area is 454 Å². The maximum atomic E-state index is 12.7. The van der Waals surface area contributed by atoms with Crippen molar-refractivity contribution in [2.45, 2.75) is 132 Å². The van der Waals surface area contributed by atoms with Gasteiger partial charge in [0.1, 0.15) is 5.75 Å². The normalized spacial score (nSPS) is 12.9. The van der Waals surface area contributed by atoms with E-state index in [9.17, 15) is 5.11 Å². The monoisotopic (exact) mass is 1210 g/mol. The van der Waals surface area contributed by atoms with Crippen molar-refractivity contribution in [1.29, 1.82) is 0 Å². The summed E-state index contributed by atoms with van der Waals surface area (Å²) in [6.45, 7) is 33.9. The number of rotatable bonds is 6. The number of aromatic nitrogens is 3. The fraction of sp³-hybridized carbons (Fsp3) is 0.313. The Morgan fingerprint density at radius 1 is 0.548 bits per heavy atom. The Hall–Kier alpha value is -5.57. The van der Waals surface area contributed by atoms with Crippen LogP contribution in [0.5, 0.6) is 5.75 Å². The van der Waals surface area contributed by atoms with Gasteiger partial charge in [-0.15, -0.1) is 0 Å². The van der Waals surface area contributed by atoms with Gasteiger partial charge in [-0.2, -0.15) is 0 Å². The number of benzene rings is 7. The SMILES string of the molecule is CC(C)(C)Cc1ccc2[se]c3c4ccnc(-c5[c-]c(-c6cccc7c6nc(-c6cc(C(C)(C)C)cc(C(C)(C)C)c6O)n7-c6ccc(C(C)(C)C)cc6-c6ccccc6)cc(C(C)(C)C)c5)c4ccc3c2c1.[Pt]. The zero-order chi connectivity index (χ0) is 51.4. The topological polar surface area (TPSA) is 50.9 Å². The van der Waals surface area contributed by atoms with E-state index in [-0.39, 0.29) is 68.4 Å². The van der Waals surface area contributed by atoms with E-state index in [0.717, 1.165) is 73.2 Å². The van der Waals surface area contributed by atoms with E-state index in [1.165, 1.54) is 41.4 Å². The number of phenols is 1. The van der Waals surface area contributed by atoms with Crippen molar-refractivity contribution in [3.05, 3.63) is 167 Å². The van der Waals surface area contributed by atoms with Gasteiger partial charge in [0.25, 0.3) is 0 Å². The van der Waals surface area contributed by atoms with E-state index in [1.54, 1.807) is 0 Å². The van der Waals surface area contributed by atoms with Crippen LogP contribution in [-0.2, 0) is 49.1 Å². The van der Waals surface area contributed by atoms with E-state index >= 15 is 0 Å². The first-order valence-electron chi connectivity index (χ1n) is 25.7. The quantitative estimate of drug-likeness (QED) is 0.133. The van der Waals surface area contributed by atoms with Crippen LogP contribution in [0.2, 0.25) is 0 Å². The minimum Gasteiger partial charge on any atom is 0 e. The van der Waals surface area contributed by atoms with Gasteiger partial charge >= 0.3 is 259 Å². The average molecular weight is 1210 g/mol. The molecule has 0 saturated heterocycles. The van der Waals surface area contributed by atoms with E-state index in [1.807, 2.05) is 6.20 Å². The van der Waals surface area contributed by atoms with Crippen LogP contribution in [0, 0.1) is 11.5 Å². The average Bonchev–Trinajstić information content (AvgIpc) is 3.88. The van der Waals surface area contributed by atoms with Crippen molar-refractivity contribution in [2.24, 2.45) is 5.41 Å². The first-order chi connectivity index (χ1) is 33.7. The van der Waals surface area contributed by atoms with Gasteiger partial charge in [0.05, 0.1) is 0 Å². The molecule has 10 rings (SSSR count). The van der Waals surface area contributed by atoms with Crippen molar-refractivity contribution in [1.82, 2.24) is 14.5 Å². The molecule has 3 aromatic heterocycles. The summed E-state index contributed by atoms with van der Waals surface area (Å²) in [5.74, 6) is 0.950. The standard InChI is InChI=1S/C67H70N3OSe.Pt/c1-63(2,3)39-40-24-29-57-52(32-40)49-27-26-48-50(61(49)72-57)30-31-68-58(48)43-33-42(34-45(35-43)65(7,8)9)47-22-19-23-56-59(47)69-62(53-37-46(66(10,11)12)38-54(60(53)71)67(13,14)15)70(56)55-28-25-44(64(4,5)6)36-51(55)41-20-17-16-18-21-41;/h16-32,34-38,71H,39H2,1-15H3;/q-1;. The van der Waals surface area contributed by atoms with Crippen LogP contribution in [0.25, 0.3) is 91.7 Å². The Balaban J connectivity index is 0.00000656. The van der Waals surface area contributed by atoms with Gasteiger partial charge in [-0.1, -0.05) is 105 Å². The molecular weight excluding hydrogens is 1140 g/mol. The Bertz CT molecular complexity index is 3750. The van der Waals surface area contributed by atoms with Crippen molar-refractivity contribution >= 4 is 55.6 Å². The molecule has 0 fully saturated rings. The van der Waals surface area contributed by atoms with E-state index in [4.69, 9.17) is 9.97 Å². The van der Waals surface area contributed by atoms with Gasteiger partial charge in [-0.3, -0.25) is 0 Å². The molecule has 0 aliphatic heterocycles. The Morgan fingerprint density at radius 3 is 1.86 bits per heavy atom. The van der Waals surface area contributed by atoms with E-state index in [2.05, 4.69) is 242 Å². The van der Waals surface area contributed by atoms with Gasteiger partial charge in [-0.25, -0.2) is 0 Å². The predicted octanol–water partition coefficient (Wildman–Crippen LogP) is 17.9. The number of fused-ring (bicyclic) bond motifs is 6. The maximum Gasteiger partial charge on any atom is 0 e. The molecule has 73 heavy (non-hydrogen) atoms. The first-order valence-corrected chi connectivity index (χ1v) is 27.4. The third kappa shape index (κ3) is 9.96. The summed E-state index contributed by atoms with van der Waals surface area (Å²) in [4.78, 5) is 10.9. The number of hydrogen-bond donors (Lipinski definition) is 1. The second-order valence-electron chi connectivity index (χ2n) is 25.5. The largest absolute Gasteiger partial charge is 0 e. The molecule has 0 atom stereocenters. The molecule has 0 aliphatic carbocycles. The van der Waals surface area contributed by atoms with Crippen LogP contribution in [0.3, 0.4) is 0 Å². The number of nitrogens with zero attached hydrogens (tertiary/aromatic N) is 3. The molecule has 0 aliphatic rings. The number of para-hydroxylation sites is 1. The van der Waals surface area contributed by atoms with Gasteiger partial charge in [0.15, 0.2) is 0 Å². The zero-order valence-electron chi connectivity index (χ0n) is 45.4. The van der Waals surface area contributed by atoms with Crippen LogP contribution in [0.15, 0.2) is 134 Å². The smallest absolute Gasteiger partial charge is 0 e. The van der Waals surface area contributed by atoms with Gasteiger partial charge in [0.2, 0.25) is 0 Å². The summed E-state index contributed by atoms with van der Waals surface area (Å²) in [6, 6.07) is 51.0. The molecule has 0 radical (unpaired) electrons. The summed E-state index contributed by atoms with van der Waals surface area (Å²) < 4.78 is 5.18. The minimum absolute atomic E-state index is 0. The molecular formula is C67H70N3OPtSe-. The molecule has 3 heterocycles. The Morgan fingerprint density at radius 2 is 1.19 bits per heavy atom. The Kier molecular flexibility index (Phi) is 13.4. The number of pyridine rings is 1. The summed E-state index contributed by atoms with van der Waals surface area (Å²) in [6.07, 6.45) is 3.04. The van der Waals surface area contributed by atoms with Gasteiger partial charge < -0.3 is 5.11 Å². The number of aromatic hydroxyl groups is 1. The molecule has 0 saturated carbocycles. The molecule has 10 aromatic rings. The van der Waals surface area contributed by atoms with Crippen LogP contribution in [-0.4, -0.2) is 34.1 Å². The number of imidazole rings is 1. The van der Waals surface area contributed by atoms with Crippen LogP contribution in [0.4, 0.5) is 0 Å². The third-order valence-electron chi connectivity index (χ3n) is 14.4. The molecule has 0 amide bonds. The molecule has 0 spiro atoms. The summed E-state index contributed by atoms with van der Waals surface area (Å²) in [7, 11) is 0.